The van der Waals surface area contributed by atoms with Crippen molar-refractivity contribution in [1.82, 2.24) is 10.2 Å². The number of carbonyl (C=O) groups excluding carboxylic acids is 1. The van der Waals surface area contributed by atoms with Crippen molar-refractivity contribution in [1.29, 1.82) is 0 Å². The van der Waals surface area contributed by atoms with Gasteiger partial charge in [-0.25, -0.2) is 9.18 Å². The zero-order valence-electron chi connectivity index (χ0n) is 17.6. The molecule has 1 aliphatic heterocycles. The lowest BCUT2D eigenvalue weighted by atomic mass is 10.2. The number of nitrogens with zero attached hydrogens (tertiary/aromatic N) is 2. The molecule has 5 nitrogen and oxygen atoms in total. The van der Waals surface area contributed by atoms with E-state index < -0.39 is 5.82 Å². The number of carbonyl (C=O) groups is 1. The van der Waals surface area contributed by atoms with Gasteiger partial charge in [-0.3, -0.25) is 0 Å². The first-order valence-electron chi connectivity index (χ1n) is 10.9. The second-order valence-electron chi connectivity index (χ2n) is 7.87. The number of amides is 2. The summed E-state index contributed by atoms with van der Waals surface area (Å²) in [6.07, 6.45) is 3.09. The monoisotopic (exact) mass is 440 g/mol. The molecule has 0 unspecified atom stereocenters. The summed E-state index contributed by atoms with van der Waals surface area (Å²) < 4.78 is 14.9. The lowest BCUT2D eigenvalue weighted by Crippen LogP contribution is -2.32. The van der Waals surface area contributed by atoms with Gasteiger partial charge in [-0.15, -0.1) is 11.3 Å². The van der Waals surface area contributed by atoms with Crippen molar-refractivity contribution in [2.45, 2.75) is 19.3 Å². The van der Waals surface area contributed by atoms with Crippen LogP contribution in [0.15, 0.2) is 53.9 Å². The van der Waals surface area contributed by atoms with Gasteiger partial charge in [0.05, 0.1) is 11.4 Å². The van der Waals surface area contributed by atoms with Crippen molar-refractivity contribution < 1.29 is 9.18 Å². The average Bonchev–Trinajstić information content (AvgIpc) is 3.07. The Morgan fingerprint density at radius 1 is 1.00 bits per heavy atom. The van der Waals surface area contributed by atoms with Crippen molar-refractivity contribution in [3.63, 3.8) is 0 Å². The molecule has 2 N–H and O–H groups in total. The molecule has 0 bridgehead atoms. The summed E-state index contributed by atoms with van der Waals surface area (Å²) in [6, 6.07) is 14.5. The summed E-state index contributed by atoms with van der Waals surface area (Å²) in [5.41, 5.74) is 1.57. The highest BCUT2D eigenvalue weighted by molar-refractivity contribution is 7.17. The molecule has 0 atom stereocenters. The van der Waals surface area contributed by atoms with Gasteiger partial charge < -0.3 is 20.4 Å². The molecule has 31 heavy (non-hydrogen) atoms. The third-order valence-electron chi connectivity index (χ3n) is 5.70. The highest BCUT2D eigenvalue weighted by atomic mass is 32.1. The molecule has 7 heteroatoms. The van der Waals surface area contributed by atoms with Crippen LogP contribution in [0.25, 0.3) is 10.1 Å². The van der Waals surface area contributed by atoms with E-state index in [1.807, 2.05) is 11.3 Å². The normalized spacial score (nSPS) is 15.1. The van der Waals surface area contributed by atoms with Gasteiger partial charge in [0.15, 0.2) is 0 Å². The molecule has 0 radical (unpaired) electrons. The summed E-state index contributed by atoms with van der Waals surface area (Å²) in [4.78, 5) is 17.0. The van der Waals surface area contributed by atoms with Crippen LogP contribution in [-0.2, 0) is 0 Å². The molecule has 1 aliphatic rings. The standard InChI is InChI=1S/C24H29FN4OS/c25-20-9-2-3-10-21(20)27-24(30)26-12-5-6-13-28-14-7-15-29(17-16-28)22-18-31-23-11-4-1-8-19(22)23/h1-4,8-11,18H,5-7,12-17H2,(H2,26,27,30). The first-order chi connectivity index (χ1) is 15.2. The molecular formula is C24H29FN4OS. The van der Waals surface area contributed by atoms with Crippen molar-refractivity contribution >= 4 is 38.8 Å². The van der Waals surface area contributed by atoms with Crippen LogP contribution in [0.2, 0.25) is 0 Å². The topological polar surface area (TPSA) is 47.6 Å². The Morgan fingerprint density at radius 2 is 1.84 bits per heavy atom. The fraction of sp³-hybridized carbons (Fsp3) is 0.375. The van der Waals surface area contributed by atoms with Crippen LogP contribution in [0.3, 0.4) is 0 Å². The highest BCUT2D eigenvalue weighted by Gasteiger charge is 2.17. The maximum Gasteiger partial charge on any atom is 0.319 e. The molecule has 0 saturated carbocycles. The number of para-hydroxylation sites is 1. The van der Waals surface area contributed by atoms with Crippen LogP contribution in [0.5, 0.6) is 0 Å². The van der Waals surface area contributed by atoms with E-state index in [1.165, 1.54) is 21.8 Å². The van der Waals surface area contributed by atoms with Gasteiger partial charge in [-0.1, -0.05) is 30.3 Å². The molecule has 1 fully saturated rings. The summed E-state index contributed by atoms with van der Waals surface area (Å²) in [5.74, 6) is -0.427. The number of anilines is 2. The Hall–Kier alpha value is -2.64. The minimum atomic E-state index is -0.427. The lowest BCUT2D eigenvalue weighted by Gasteiger charge is -2.23. The van der Waals surface area contributed by atoms with E-state index in [-0.39, 0.29) is 11.7 Å². The van der Waals surface area contributed by atoms with Gasteiger partial charge in [0.2, 0.25) is 0 Å². The smallest absolute Gasteiger partial charge is 0.319 e. The fourth-order valence-corrected chi connectivity index (χ4v) is 5.01. The van der Waals surface area contributed by atoms with Crippen molar-refractivity contribution in [3.8, 4) is 0 Å². The molecule has 0 spiro atoms. The number of unbranched alkanes of at least 4 members (excludes halogenated alkanes) is 1. The third kappa shape index (κ3) is 5.74. The second kappa shape index (κ2) is 10.6. The minimum absolute atomic E-state index is 0.201. The first-order valence-corrected chi connectivity index (χ1v) is 11.8. The van der Waals surface area contributed by atoms with Crippen molar-refractivity contribution in [2.75, 3.05) is 49.5 Å². The van der Waals surface area contributed by atoms with Gasteiger partial charge >= 0.3 is 6.03 Å². The Balaban J connectivity index is 1.16. The minimum Gasteiger partial charge on any atom is -0.369 e. The number of benzene rings is 2. The number of hydrogen-bond acceptors (Lipinski definition) is 4. The van der Waals surface area contributed by atoms with Crippen LogP contribution < -0.4 is 15.5 Å². The van der Waals surface area contributed by atoms with Crippen LogP contribution >= 0.6 is 11.3 Å². The fourth-order valence-electron chi connectivity index (χ4n) is 4.04. The third-order valence-corrected chi connectivity index (χ3v) is 6.65. The van der Waals surface area contributed by atoms with Gasteiger partial charge in [0.1, 0.15) is 5.82 Å². The van der Waals surface area contributed by atoms with Crippen molar-refractivity contribution in [3.05, 3.63) is 59.7 Å². The Labute approximate surface area is 186 Å². The van der Waals surface area contributed by atoms with E-state index >= 15 is 0 Å². The zero-order chi connectivity index (χ0) is 21.5. The summed E-state index contributed by atoms with van der Waals surface area (Å²) in [7, 11) is 0. The molecule has 3 aromatic rings. The van der Waals surface area contributed by atoms with Gasteiger partial charge in [-0.05, 0) is 50.6 Å². The summed E-state index contributed by atoms with van der Waals surface area (Å²) in [6.45, 7) is 5.93. The Morgan fingerprint density at radius 3 is 2.74 bits per heavy atom. The van der Waals surface area contributed by atoms with E-state index in [2.05, 4.69) is 50.1 Å². The molecule has 2 aromatic carbocycles. The number of urea groups is 1. The van der Waals surface area contributed by atoms with Crippen LogP contribution in [0.1, 0.15) is 19.3 Å². The van der Waals surface area contributed by atoms with Crippen LogP contribution in [-0.4, -0.2) is 50.2 Å². The molecule has 1 saturated heterocycles. The largest absolute Gasteiger partial charge is 0.369 e. The van der Waals surface area contributed by atoms with E-state index in [0.29, 0.717) is 6.54 Å². The van der Waals surface area contributed by atoms with E-state index in [1.54, 1.807) is 18.2 Å². The Bertz CT molecular complexity index is 1010. The lowest BCUT2D eigenvalue weighted by molar-refractivity contribution is 0.251. The molecular weight excluding hydrogens is 411 g/mol. The van der Waals surface area contributed by atoms with Crippen LogP contribution in [0, 0.1) is 5.82 Å². The number of thiophene rings is 1. The Kier molecular flexibility index (Phi) is 7.38. The highest BCUT2D eigenvalue weighted by Crippen LogP contribution is 2.33. The summed E-state index contributed by atoms with van der Waals surface area (Å²) in [5, 5.41) is 9.01. The SMILES string of the molecule is O=C(NCCCCN1CCCN(c2csc3ccccc23)CC1)Nc1ccccc1F. The van der Waals surface area contributed by atoms with Gasteiger partial charge in [0, 0.05) is 41.6 Å². The predicted molar refractivity (Wildman–Crippen MR) is 128 cm³/mol. The maximum atomic E-state index is 13.6. The quantitative estimate of drug-likeness (QED) is 0.499. The molecule has 2 amide bonds. The molecule has 164 valence electrons. The van der Waals surface area contributed by atoms with E-state index in [9.17, 15) is 9.18 Å². The predicted octanol–water partition coefficient (Wildman–Crippen LogP) is 5.15. The summed E-state index contributed by atoms with van der Waals surface area (Å²) >= 11 is 1.82. The van der Waals surface area contributed by atoms with E-state index in [0.717, 1.165) is 52.0 Å². The number of fused-ring (bicyclic) bond motifs is 1. The maximum absolute atomic E-state index is 13.6. The number of halogens is 1. The molecule has 4 rings (SSSR count). The molecule has 0 aliphatic carbocycles. The van der Waals surface area contributed by atoms with Gasteiger partial charge in [0.25, 0.3) is 0 Å². The molecule has 2 heterocycles. The average molecular weight is 441 g/mol. The zero-order valence-corrected chi connectivity index (χ0v) is 18.5. The van der Waals surface area contributed by atoms with E-state index in [4.69, 9.17) is 0 Å². The van der Waals surface area contributed by atoms with Crippen molar-refractivity contribution in [2.24, 2.45) is 0 Å². The first kappa shape index (κ1) is 21.6. The molecule has 1 aromatic heterocycles. The van der Waals surface area contributed by atoms with Crippen LogP contribution in [0.4, 0.5) is 20.6 Å². The second-order valence-corrected chi connectivity index (χ2v) is 8.78. The van der Waals surface area contributed by atoms with Gasteiger partial charge in [-0.2, -0.15) is 0 Å². The number of hydrogen-bond donors (Lipinski definition) is 2. The number of rotatable bonds is 7. The number of nitrogens with one attached hydrogen (secondary N) is 2.